The van der Waals surface area contributed by atoms with Crippen molar-refractivity contribution in [2.75, 3.05) is 21.3 Å². The number of ether oxygens (including phenoxy) is 3. The number of nitrogens with one attached hydrogen (secondary N) is 1. The molecule has 0 radical (unpaired) electrons. The molecule has 0 atom stereocenters. The molecule has 0 amide bonds. The highest BCUT2D eigenvalue weighted by Crippen LogP contribution is 2.37. The van der Waals surface area contributed by atoms with E-state index in [1.54, 1.807) is 30.5 Å². The summed E-state index contributed by atoms with van der Waals surface area (Å²) in [7, 11) is 4.61. The number of halogens is 1. The third-order valence-electron chi connectivity index (χ3n) is 3.76. The van der Waals surface area contributed by atoms with Gasteiger partial charge in [0, 0.05) is 11.1 Å². The Balaban J connectivity index is 2.01. The highest BCUT2D eigenvalue weighted by atomic mass is 32.1. The highest BCUT2D eigenvalue weighted by molar-refractivity contribution is 7.71. The van der Waals surface area contributed by atoms with Crippen molar-refractivity contribution in [1.82, 2.24) is 14.9 Å². The lowest BCUT2D eigenvalue weighted by Crippen LogP contribution is -1.98. The molecule has 0 spiro atoms. The average molecular weight is 388 g/mol. The third-order valence-corrected chi connectivity index (χ3v) is 4.03. The van der Waals surface area contributed by atoms with Gasteiger partial charge < -0.3 is 14.2 Å². The van der Waals surface area contributed by atoms with Gasteiger partial charge in [0.25, 0.3) is 0 Å². The van der Waals surface area contributed by atoms with E-state index in [2.05, 4.69) is 15.3 Å². The molecular weight excluding hydrogens is 371 g/mol. The number of nitrogens with zero attached hydrogens (tertiary/aromatic N) is 3. The molecule has 0 fully saturated rings. The molecule has 3 rings (SSSR count). The second kappa shape index (κ2) is 8.00. The lowest BCUT2D eigenvalue weighted by molar-refractivity contribution is 0.324. The van der Waals surface area contributed by atoms with Crippen molar-refractivity contribution in [1.29, 1.82) is 0 Å². The molecule has 0 bridgehead atoms. The molecule has 0 saturated heterocycles. The number of hydrogen-bond donors (Lipinski definition) is 1. The van der Waals surface area contributed by atoms with Crippen LogP contribution in [-0.2, 0) is 0 Å². The van der Waals surface area contributed by atoms with Crippen LogP contribution in [0, 0.1) is 10.6 Å². The molecule has 7 nitrogen and oxygen atoms in total. The molecule has 0 aliphatic heterocycles. The van der Waals surface area contributed by atoms with Gasteiger partial charge in [-0.15, -0.1) is 0 Å². The number of hydrogen-bond acceptors (Lipinski definition) is 6. The average Bonchev–Trinajstić information content (AvgIpc) is 3.06. The zero-order valence-corrected chi connectivity index (χ0v) is 15.7. The summed E-state index contributed by atoms with van der Waals surface area (Å²) >= 11 is 5.24. The third kappa shape index (κ3) is 3.82. The highest BCUT2D eigenvalue weighted by Gasteiger charge is 2.13. The van der Waals surface area contributed by atoms with E-state index < -0.39 is 0 Å². The molecule has 140 valence electrons. The number of aromatic nitrogens is 3. The van der Waals surface area contributed by atoms with Crippen molar-refractivity contribution >= 4 is 18.4 Å². The van der Waals surface area contributed by atoms with E-state index in [0.717, 1.165) is 0 Å². The van der Waals surface area contributed by atoms with E-state index in [0.29, 0.717) is 39.0 Å². The maximum Gasteiger partial charge on any atom is 0.216 e. The summed E-state index contributed by atoms with van der Waals surface area (Å²) in [6.45, 7) is 0. The smallest absolute Gasteiger partial charge is 0.216 e. The molecular formula is C18H17FN4O3S. The first-order valence-corrected chi connectivity index (χ1v) is 8.26. The fourth-order valence-electron chi connectivity index (χ4n) is 2.48. The van der Waals surface area contributed by atoms with E-state index >= 15 is 0 Å². The molecule has 1 N–H and O–H groups in total. The Hall–Kier alpha value is -3.20. The lowest BCUT2D eigenvalue weighted by atomic mass is 10.2. The number of aromatic amines is 1. The zero-order chi connectivity index (χ0) is 19.4. The summed E-state index contributed by atoms with van der Waals surface area (Å²) in [6, 6.07) is 9.41. The summed E-state index contributed by atoms with van der Waals surface area (Å²) < 4.78 is 30.9. The number of methoxy groups -OCH3 is 3. The molecule has 3 aromatic rings. The van der Waals surface area contributed by atoms with Gasteiger partial charge in [-0.3, -0.25) is 0 Å². The lowest BCUT2D eigenvalue weighted by Gasteiger charge is -2.12. The van der Waals surface area contributed by atoms with Crippen LogP contribution < -0.4 is 14.2 Å². The summed E-state index contributed by atoms with van der Waals surface area (Å²) in [5, 5.41) is 11.2. The van der Waals surface area contributed by atoms with Crippen molar-refractivity contribution in [3.8, 4) is 28.6 Å². The molecule has 1 heterocycles. The van der Waals surface area contributed by atoms with Gasteiger partial charge in [0.1, 0.15) is 5.82 Å². The minimum atomic E-state index is -0.333. The predicted octanol–water partition coefficient (Wildman–Crippen LogP) is 3.65. The van der Waals surface area contributed by atoms with Crippen LogP contribution in [0.2, 0.25) is 0 Å². The molecule has 1 aromatic heterocycles. The van der Waals surface area contributed by atoms with E-state index in [1.165, 1.54) is 38.1 Å². The van der Waals surface area contributed by atoms with Gasteiger partial charge in [0.05, 0.1) is 27.5 Å². The van der Waals surface area contributed by atoms with Crippen molar-refractivity contribution < 1.29 is 18.6 Å². The second-order valence-electron chi connectivity index (χ2n) is 5.37. The molecule has 2 aromatic carbocycles. The van der Waals surface area contributed by atoms with Gasteiger partial charge in [0.15, 0.2) is 17.3 Å². The van der Waals surface area contributed by atoms with Gasteiger partial charge in [-0.2, -0.15) is 14.9 Å². The number of rotatable bonds is 6. The van der Waals surface area contributed by atoms with Gasteiger partial charge >= 0.3 is 0 Å². The van der Waals surface area contributed by atoms with Crippen LogP contribution >= 0.6 is 12.2 Å². The van der Waals surface area contributed by atoms with Crippen LogP contribution in [-0.4, -0.2) is 42.4 Å². The Bertz CT molecular complexity index is 1000. The molecule has 0 aliphatic carbocycles. The fraction of sp³-hybridized carbons (Fsp3) is 0.167. The largest absolute Gasteiger partial charge is 0.493 e. The molecule has 9 heteroatoms. The summed E-state index contributed by atoms with van der Waals surface area (Å²) in [5.74, 6) is 1.63. The van der Waals surface area contributed by atoms with Crippen LogP contribution in [0.1, 0.15) is 5.56 Å². The van der Waals surface area contributed by atoms with Crippen molar-refractivity contribution in [3.05, 3.63) is 52.5 Å². The second-order valence-corrected chi connectivity index (χ2v) is 5.76. The SMILES string of the molecule is COc1cc(/C=N\n2c(-c3ccc(F)cc3)n[nH]c2=S)cc(OC)c1OC. The van der Waals surface area contributed by atoms with Gasteiger partial charge in [-0.25, -0.2) is 9.49 Å². The topological polar surface area (TPSA) is 73.7 Å². The van der Waals surface area contributed by atoms with E-state index in [-0.39, 0.29) is 5.82 Å². The Labute approximate surface area is 160 Å². The monoisotopic (exact) mass is 388 g/mol. The van der Waals surface area contributed by atoms with Crippen molar-refractivity contribution in [2.24, 2.45) is 5.10 Å². The minimum absolute atomic E-state index is 0.304. The Morgan fingerprint density at radius 1 is 1.07 bits per heavy atom. The van der Waals surface area contributed by atoms with E-state index in [1.807, 2.05) is 0 Å². The van der Waals surface area contributed by atoms with E-state index in [9.17, 15) is 4.39 Å². The Morgan fingerprint density at radius 3 is 2.26 bits per heavy atom. The van der Waals surface area contributed by atoms with Crippen molar-refractivity contribution in [2.45, 2.75) is 0 Å². The van der Waals surface area contributed by atoms with Crippen molar-refractivity contribution in [3.63, 3.8) is 0 Å². The maximum absolute atomic E-state index is 13.2. The van der Waals surface area contributed by atoms with Crippen LogP contribution in [0.4, 0.5) is 4.39 Å². The van der Waals surface area contributed by atoms with Crippen LogP contribution in [0.15, 0.2) is 41.5 Å². The standard InChI is InChI=1S/C18H17FN4O3S/c1-24-14-8-11(9-15(25-2)16(14)26-3)10-20-23-17(21-22-18(23)27)12-4-6-13(19)7-5-12/h4-10H,1-3H3,(H,22,27)/b20-10-. The molecule has 0 aliphatic rings. The molecule has 27 heavy (non-hydrogen) atoms. The molecule has 0 saturated carbocycles. The predicted molar refractivity (Wildman–Crippen MR) is 102 cm³/mol. The first-order chi connectivity index (χ1) is 13.1. The molecule has 0 unspecified atom stereocenters. The Morgan fingerprint density at radius 2 is 1.70 bits per heavy atom. The maximum atomic E-state index is 13.2. The summed E-state index contributed by atoms with van der Waals surface area (Å²) in [6.07, 6.45) is 1.59. The minimum Gasteiger partial charge on any atom is -0.493 e. The fourth-order valence-corrected chi connectivity index (χ4v) is 2.66. The van der Waals surface area contributed by atoms with E-state index in [4.69, 9.17) is 26.4 Å². The van der Waals surface area contributed by atoms with Gasteiger partial charge in [-0.05, 0) is 48.6 Å². The first kappa shape index (κ1) is 18.6. The Kier molecular flexibility index (Phi) is 5.51. The zero-order valence-electron chi connectivity index (χ0n) is 14.9. The number of H-pyrrole nitrogens is 1. The van der Waals surface area contributed by atoms with Gasteiger partial charge in [0.2, 0.25) is 10.5 Å². The van der Waals surface area contributed by atoms with Crippen LogP contribution in [0.5, 0.6) is 17.2 Å². The summed E-state index contributed by atoms with van der Waals surface area (Å²) in [5.41, 5.74) is 1.38. The number of benzene rings is 2. The van der Waals surface area contributed by atoms with Gasteiger partial charge in [-0.1, -0.05) is 0 Å². The normalized spacial score (nSPS) is 11.0. The van der Waals surface area contributed by atoms with Crippen LogP contribution in [0.3, 0.4) is 0 Å². The summed E-state index contributed by atoms with van der Waals surface area (Å²) in [4.78, 5) is 0. The quantitative estimate of drug-likeness (QED) is 0.515. The first-order valence-electron chi connectivity index (χ1n) is 7.85. The van der Waals surface area contributed by atoms with Crippen LogP contribution in [0.25, 0.3) is 11.4 Å².